The highest BCUT2D eigenvalue weighted by molar-refractivity contribution is 6.30. The van der Waals surface area contributed by atoms with Gasteiger partial charge in [-0.15, -0.1) is 0 Å². The maximum absolute atomic E-state index is 12.4. The number of ether oxygens (including phenoxy) is 1. The highest BCUT2D eigenvalue weighted by Crippen LogP contribution is 2.25. The van der Waals surface area contributed by atoms with Crippen molar-refractivity contribution in [1.82, 2.24) is 0 Å². The number of rotatable bonds is 6. The molecule has 0 fully saturated rings. The number of nitrogens with zero attached hydrogens (tertiary/aromatic N) is 1. The lowest BCUT2D eigenvalue weighted by molar-refractivity contribution is -0.112. The number of carbonyl (C=O) groups excluding carboxylic acids is 1. The van der Waals surface area contributed by atoms with E-state index < -0.39 is 5.91 Å². The largest absolute Gasteiger partial charge is 0.494 e. The highest BCUT2D eigenvalue weighted by Gasteiger charge is 2.12. The molecule has 0 aliphatic carbocycles. The van der Waals surface area contributed by atoms with Crippen LogP contribution in [0.15, 0.2) is 70.7 Å². The standard InChI is InChI=1S/C22H17ClN2O3/c1-2-27-19-5-3-4-18(13-19)25-22(26)16(14-24)12-20-10-11-21(28-20)15-6-8-17(23)9-7-15/h3-13H,2H2,1H3,(H,25,26)/b16-12+. The van der Waals surface area contributed by atoms with E-state index in [4.69, 9.17) is 20.8 Å². The molecule has 0 unspecified atom stereocenters. The number of amides is 1. The number of hydrogen-bond acceptors (Lipinski definition) is 4. The summed E-state index contributed by atoms with van der Waals surface area (Å²) in [5.74, 6) is 1.13. The Balaban J connectivity index is 1.76. The Kier molecular flexibility index (Phi) is 6.15. The minimum Gasteiger partial charge on any atom is -0.494 e. The molecule has 0 spiro atoms. The van der Waals surface area contributed by atoms with Crippen LogP contribution in [0.3, 0.4) is 0 Å². The number of hydrogen-bond donors (Lipinski definition) is 1. The molecule has 3 aromatic rings. The smallest absolute Gasteiger partial charge is 0.266 e. The molecule has 0 radical (unpaired) electrons. The molecule has 0 bridgehead atoms. The molecule has 140 valence electrons. The van der Waals surface area contributed by atoms with Crippen molar-refractivity contribution in [2.24, 2.45) is 0 Å². The molecule has 1 heterocycles. The van der Waals surface area contributed by atoms with Crippen LogP contribution in [0.25, 0.3) is 17.4 Å². The van der Waals surface area contributed by atoms with Gasteiger partial charge in [-0.1, -0.05) is 17.7 Å². The van der Waals surface area contributed by atoms with Crippen LogP contribution in [-0.2, 0) is 4.79 Å². The maximum Gasteiger partial charge on any atom is 0.266 e. The Morgan fingerprint density at radius 1 is 1.21 bits per heavy atom. The molecule has 0 saturated carbocycles. The summed E-state index contributed by atoms with van der Waals surface area (Å²) in [5.41, 5.74) is 1.32. The van der Waals surface area contributed by atoms with E-state index in [1.165, 1.54) is 6.08 Å². The van der Waals surface area contributed by atoms with Gasteiger partial charge in [-0.05, 0) is 55.5 Å². The number of halogens is 1. The molecule has 0 aliphatic rings. The predicted octanol–water partition coefficient (Wildman–Crippen LogP) is 5.54. The summed E-state index contributed by atoms with van der Waals surface area (Å²) in [7, 11) is 0. The van der Waals surface area contributed by atoms with Crippen LogP contribution >= 0.6 is 11.6 Å². The topological polar surface area (TPSA) is 75.3 Å². The summed E-state index contributed by atoms with van der Waals surface area (Å²) >= 11 is 5.89. The Bertz CT molecular complexity index is 1050. The number of furan rings is 1. The van der Waals surface area contributed by atoms with Gasteiger partial charge >= 0.3 is 0 Å². The van der Waals surface area contributed by atoms with E-state index in [9.17, 15) is 10.1 Å². The fourth-order valence-electron chi connectivity index (χ4n) is 2.52. The molecule has 0 aliphatic heterocycles. The van der Waals surface area contributed by atoms with E-state index in [-0.39, 0.29) is 5.57 Å². The lowest BCUT2D eigenvalue weighted by Crippen LogP contribution is -2.13. The van der Waals surface area contributed by atoms with Gasteiger partial charge in [-0.25, -0.2) is 0 Å². The molecule has 1 aromatic heterocycles. The van der Waals surface area contributed by atoms with Crippen molar-refractivity contribution in [3.05, 3.63) is 77.0 Å². The Morgan fingerprint density at radius 2 is 2.00 bits per heavy atom. The number of benzene rings is 2. The van der Waals surface area contributed by atoms with Crippen LogP contribution in [0, 0.1) is 11.3 Å². The summed E-state index contributed by atoms with van der Waals surface area (Å²) in [6, 6.07) is 19.5. The predicted molar refractivity (Wildman–Crippen MR) is 109 cm³/mol. The normalized spacial score (nSPS) is 11.0. The van der Waals surface area contributed by atoms with Crippen LogP contribution in [0.4, 0.5) is 5.69 Å². The van der Waals surface area contributed by atoms with Crippen LogP contribution in [0.2, 0.25) is 5.02 Å². The van der Waals surface area contributed by atoms with Gasteiger partial charge in [-0.3, -0.25) is 4.79 Å². The minimum atomic E-state index is -0.527. The van der Waals surface area contributed by atoms with Crippen molar-refractivity contribution in [3.63, 3.8) is 0 Å². The fraction of sp³-hybridized carbons (Fsp3) is 0.0909. The molecule has 3 rings (SSSR count). The maximum atomic E-state index is 12.4. The average Bonchev–Trinajstić information content (AvgIpc) is 3.16. The van der Waals surface area contributed by atoms with Crippen molar-refractivity contribution in [3.8, 4) is 23.1 Å². The van der Waals surface area contributed by atoms with Crippen LogP contribution in [0.5, 0.6) is 5.75 Å². The molecule has 2 aromatic carbocycles. The molecular weight excluding hydrogens is 376 g/mol. The zero-order chi connectivity index (χ0) is 19.9. The van der Waals surface area contributed by atoms with E-state index >= 15 is 0 Å². The lowest BCUT2D eigenvalue weighted by Gasteiger charge is -2.07. The van der Waals surface area contributed by atoms with Crippen molar-refractivity contribution >= 4 is 29.3 Å². The second-order valence-electron chi connectivity index (χ2n) is 5.79. The molecule has 6 heteroatoms. The fourth-order valence-corrected chi connectivity index (χ4v) is 2.65. The molecular formula is C22H17ClN2O3. The zero-order valence-corrected chi connectivity index (χ0v) is 15.9. The van der Waals surface area contributed by atoms with Crippen molar-refractivity contribution in [1.29, 1.82) is 5.26 Å². The van der Waals surface area contributed by atoms with Crippen LogP contribution in [-0.4, -0.2) is 12.5 Å². The van der Waals surface area contributed by atoms with E-state index in [1.54, 1.807) is 48.5 Å². The van der Waals surface area contributed by atoms with Crippen molar-refractivity contribution < 1.29 is 13.9 Å². The summed E-state index contributed by atoms with van der Waals surface area (Å²) in [6.07, 6.45) is 1.40. The zero-order valence-electron chi connectivity index (χ0n) is 15.1. The second-order valence-corrected chi connectivity index (χ2v) is 6.23. The van der Waals surface area contributed by atoms with E-state index in [0.717, 1.165) is 5.56 Å². The van der Waals surface area contributed by atoms with Crippen molar-refractivity contribution in [2.45, 2.75) is 6.92 Å². The monoisotopic (exact) mass is 392 g/mol. The van der Waals surface area contributed by atoms with E-state index in [2.05, 4.69) is 5.32 Å². The van der Waals surface area contributed by atoms with Gasteiger partial charge in [-0.2, -0.15) is 5.26 Å². The summed E-state index contributed by atoms with van der Waals surface area (Å²) in [5, 5.41) is 12.7. The number of nitriles is 1. The molecule has 0 atom stereocenters. The number of carbonyl (C=O) groups is 1. The first-order chi connectivity index (χ1) is 13.6. The van der Waals surface area contributed by atoms with Crippen LogP contribution < -0.4 is 10.1 Å². The van der Waals surface area contributed by atoms with Crippen molar-refractivity contribution in [2.75, 3.05) is 11.9 Å². The van der Waals surface area contributed by atoms with Gasteiger partial charge in [0.25, 0.3) is 5.91 Å². The molecule has 28 heavy (non-hydrogen) atoms. The SMILES string of the molecule is CCOc1cccc(NC(=O)/C(C#N)=C/c2ccc(-c3ccc(Cl)cc3)o2)c1. The summed E-state index contributed by atoms with van der Waals surface area (Å²) < 4.78 is 11.1. The first-order valence-corrected chi connectivity index (χ1v) is 8.98. The minimum absolute atomic E-state index is 0.0705. The molecule has 1 N–H and O–H groups in total. The Morgan fingerprint density at radius 3 is 2.71 bits per heavy atom. The molecule has 0 saturated heterocycles. The van der Waals surface area contributed by atoms with Gasteiger partial charge in [0, 0.05) is 28.4 Å². The highest BCUT2D eigenvalue weighted by atomic mass is 35.5. The van der Waals surface area contributed by atoms with Gasteiger partial charge < -0.3 is 14.5 Å². The van der Waals surface area contributed by atoms with E-state index in [1.807, 2.05) is 25.1 Å². The number of anilines is 1. The van der Waals surface area contributed by atoms with Gasteiger partial charge in [0.2, 0.25) is 0 Å². The first-order valence-electron chi connectivity index (χ1n) is 8.61. The third-order valence-corrected chi connectivity index (χ3v) is 4.06. The Labute approximate surface area is 167 Å². The Hall–Kier alpha value is -3.49. The van der Waals surface area contributed by atoms with E-state index in [0.29, 0.717) is 34.6 Å². The van der Waals surface area contributed by atoms with Gasteiger partial charge in [0.05, 0.1) is 6.61 Å². The second kappa shape index (κ2) is 8.94. The average molecular weight is 393 g/mol. The quantitative estimate of drug-likeness (QED) is 0.441. The van der Waals surface area contributed by atoms with Crippen LogP contribution in [0.1, 0.15) is 12.7 Å². The summed E-state index contributed by atoms with van der Waals surface area (Å²) in [4.78, 5) is 12.4. The van der Waals surface area contributed by atoms with Gasteiger partial charge in [0.15, 0.2) is 0 Å². The summed E-state index contributed by atoms with van der Waals surface area (Å²) in [6.45, 7) is 2.40. The lowest BCUT2D eigenvalue weighted by atomic mass is 10.2. The third-order valence-electron chi connectivity index (χ3n) is 3.81. The first kappa shape index (κ1) is 19.3. The third kappa shape index (κ3) is 4.81. The molecule has 5 nitrogen and oxygen atoms in total. The molecule has 1 amide bonds. The van der Waals surface area contributed by atoms with Gasteiger partial charge in [0.1, 0.15) is 28.9 Å². The number of nitrogens with one attached hydrogen (secondary N) is 1.